The van der Waals surface area contributed by atoms with E-state index in [1.165, 1.54) is 6.21 Å². The van der Waals surface area contributed by atoms with Crippen molar-refractivity contribution in [2.45, 2.75) is 0 Å². The van der Waals surface area contributed by atoms with Crippen molar-refractivity contribution in [3.05, 3.63) is 56.0 Å². The highest BCUT2D eigenvalue weighted by atomic mass is 35.5. The molecule has 0 amide bonds. The Bertz CT molecular complexity index is 612. The highest BCUT2D eigenvalue weighted by Crippen LogP contribution is 2.44. The summed E-state index contributed by atoms with van der Waals surface area (Å²) in [5, 5.41) is 10.1. The van der Waals surface area contributed by atoms with E-state index in [0.717, 1.165) is 0 Å². The van der Waals surface area contributed by atoms with Crippen LogP contribution in [0.1, 0.15) is 5.56 Å². The average molecular weight is 335 g/mol. The molecular weight excluding hydrogens is 328 g/mol. The van der Waals surface area contributed by atoms with Crippen molar-refractivity contribution >= 4 is 58.3 Å². The van der Waals surface area contributed by atoms with Gasteiger partial charge in [0, 0.05) is 6.21 Å². The maximum absolute atomic E-state index is 9.91. The molecule has 2 nitrogen and oxygen atoms in total. The lowest BCUT2D eigenvalue weighted by Gasteiger charge is -2.08. The second-order valence-electron chi connectivity index (χ2n) is 3.61. The quantitative estimate of drug-likeness (QED) is 0.423. The van der Waals surface area contributed by atoms with Gasteiger partial charge < -0.3 is 5.11 Å². The zero-order valence-corrected chi connectivity index (χ0v) is 12.4. The number of aromatic hydroxyl groups is 1. The average Bonchev–Trinajstić information content (AvgIpc) is 2.44. The number of halogens is 4. The third-order valence-electron chi connectivity index (χ3n) is 2.38. The Morgan fingerprint density at radius 1 is 0.842 bits per heavy atom. The summed E-state index contributed by atoms with van der Waals surface area (Å²) < 4.78 is 0. The summed E-state index contributed by atoms with van der Waals surface area (Å²) in [6.45, 7) is 0. The van der Waals surface area contributed by atoms with Gasteiger partial charge in [0.1, 0.15) is 10.8 Å². The molecule has 0 aliphatic rings. The second kappa shape index (κ2) is 6.02. The molecule has 0 fully saturated rings. The number of nitrogens with zero attached hydrogens (tertiary/aromatic N) is 1. The molecule has 98 valence electrons. The Morgan fingerprint density at radius 2 is 1.42 bits per heavy atom. The van der Waals surface area contributed by atoms with Crippen LogP contribution in [0.5, 0.6) is 5.75 Å². The predicted molar refractivity (Wildman–Crippen MR) is 81.8 cm³/mol. The van der Waals surface area contributed by atoms with E-state index in [1.54, 1.807) is 12.1 Å². The van der Waals surface area contributed by atoms with Crippen LogP contribution in [-0.2, 0) is 0 Å². The molecule has 0 radical (unpaired) electrons. The number of aliphatic imine (C=N–C) groups is 1. The zero-order chi connectivity index (χ0) is 14.0. The van der Waals surface area contributed by atoms with Crippen molar-refractivity contribution in [1.29, 1.82) is 0 Å². The molecule has 1 N–H and O–H groups in total. The van der Waals surface area contributed by atoms with E-state index < -0.39 is 0 Å². The normalized spacial score (nSPS) is 11.2. The van der Waals surface area contributed by atoms with Gasteiger partial charge in [0.25, 0.3) is 0 Å². The van der Waals surface area contributed by atoms with Crippen LogP contribution >= 0.6 is 46.4 Å². The van der Waals surface area contributed by atoms with Gasteiger partial charge in [0.05, 0.1) is 26.3 Å². The minimum Gasteiger partial charge on any atom is -0.506 e. The summed E-state index contributed by atoms with van der Waals surface area (Å²) in [4.78, 5) is 4.18. The largest absolute Gasteiger partial charge is 0.506 e. The van der Waals surface area contributed by atoms with Crippen LogP contribution in [0, 0.1) is 0 Å². The van der Waals surface area contributed by atoms with Gasteiger partial charge in [-0.05, 0) is 12.1 Å². The monoisotopic (exact) mass is 333 g/mol. The van der Waals surface area contributed by atoms with Gasteiger partial charge in [-0.2, -0.15) is 0 Å². The van der Waals surface area contributed by atoms with Gasteiger partial charge in [0.2, 0.25) is 0 Å². The van der Waals surface area contributed by atoms with E-state index in [1.807, 2.05) is 18.2 Å². The van der Waals surface area contributed by atoms with Crippen LogP contribution in [0.2, 0.25) is 20.1 Å². The number of hydrogen-bond donors (Lipinski definition) is 1. The van der Waals surface area contributed by atoms with Crippen molar-refractivity contribution in [1.82, 2.24) is 0 Å². The third-order valence-corrected chi connectivity index (χ3v) is 4.18. The number of phenols is 1. The van der Waals surface area contributed by atoms with Crippen molar-refractivity contribution in [3.63, 3.8) is 0 Å². The lowest BCUT2D eigenvalue weighted by molar-refractivity contribution is 0.475. The molecule has 2 rings (SSSR count). The minimum atomic E-state index is -0.249. The van der Waals surface area contributed by atoms with Crippen LogP contribution in [0.4, 0.5) is 5.69 Å². The maximum atomic E-state index is 9.91. The predicted octanol–water partition coefficient (Wildman–Crippen LogP) is 5.76. The molecular formula is C13H7Cl4NO. The number of rotatable bonds is 2. The van der Waals surface area contributed by atoms with Gasteiger partial charge in [0.15, 0.2) is 0 Å². The molecule has 0 atom stereocenters. The standard InChI is InChI=1S/C13H7Cl4NO/c14-9-8(6-18-7-4-2-1-3-5-7)13(19)12(17)11(16)10(9)15/h1-6,19H. The van der Waals surface area contributed by atoms with E-state index in [9.17, 15) is 5.11 Å². The molecule has 0 aliphatic heterocycles. The number of benzene rings is 2. The molecule has 0 aromatic heterocycles. The first-order valence-electron chi connectivity index (χ1n) is 5.16. The lowest BCUT2D eigenvalue weighted by Crippen LogP contribution is -1.88. The summed E-state index contributed by atoms with van der Waals surface area (Å²) in [6, 6.07) is 9.17. The molecule has 0 heterocycles. The Balaban J connectivity index is 2.50. The summed E-state index contributed by atoms with van der Waals surface area (Å²) >= 11 is 23.6. The Labute approximate surface area is 130 Å². The Hall–Kier alpha value is -0.930. The maximum Gasteiger partial charge on any atom is 0.146 e. The van der Waals surface area contributed by atoms with Crippen molar-refractivity contribution in [3.8, 4) is 5.75 Å². The first-order chi connectivity index (χ1) is 9.02. The van der Waals surface area contributed by atoms with Crippen LogP contribution < -0.4 is 0 Å². The van der Waals surface area contributed by atoms with Crippen molar-refractivity contribution < 1.29 is 5.11 Å². The van der Waals surface area contributed by atoms with Crippen molar-refractivity contribution in [2.75, 3.05) is 0 Å². The molecule has 0 spiro atoms. The topological polar surface area (TPSA) is 32.6 Å². The minimum absolute atomic E-state index is 0.0164. The van der Waals surface area contributed by atoms with Gasteiger partial charge in [-0.1, -0.05) is 64.6 Å². The van der Waals surface area contributed by atoms with E-state index in [-0.39, 0.29) is 31.4 Å². The molecule has 0 bridgehead atoms. The summed E-state index contributed by atoms with van der Waals surface area (Å²) in [7, 11) is 0. The fourth-order valence-corrected chi connectivity index (χ4v) is 2.31. The smallest absolute Gasteiger partial charge is 0.146 e. The van der Waals surface area contributed by atoms with Gasteiger partial charge >= 0.3 is 0 Å². The number of hydrogen-bond acceptors (Lipinski definition) is 2. The first-order valence-corrected chi connectivity index (χ1v) is 6.67. The summed E-state index contributed by atoms with van der Waals surface area (Å²) in [5.41, 5.74) is 0.935. The number of para-hydroxylation sites is 1. The molecule has 19 heavy (non-hydrogen) atoms. The van der Waals surface area contributed by atoms with Crippen molar-refractivity contribution in [2.24, 2.45) is 4.99 Å². The number of phenolic OH excluding ortho intramolecular Hbond substituents is 1. The van der Waals surface area contributed by atoms with Crippen LogP contribution in [0.15, 0.2) is 35.3 Å². The molecule has 0 saturated carbocycles. The molecule has 2 aromatic rings. The van der Waals surface area contributed by atoms with Gasteiger partial charge in [-0.15, -0.1) is 0 Å². The lowest BCUT2D eigenvalue weighted by atomic mass is 10.2. The fourth-order valence-electron chi connectivity index (χ4n) is 1.41. The van der Waals surface area contributed by atoms with Crippen LogP contribution in [0.25, 0.3) is 0 Å². The van der Waals surface area contributed by atoms with E-state index in [0.29, 0.717) is 5.69 Å². The van der Waals surface area contributed by atoms with Crippen LogP contribution in [-0.4, -0.2) is 11.3 Å². The highest BCUT2D eigenvalue weighted by Gasteiger charge is 2.18. The summed E-state index contributed by atoms with van der Waals surface area (Å²) in [6.07, 6.45) is 1.39. The zero-order valence-electron chi connectivity index (χ0n) is 9.37. The molecule has 6 heteroatoms. The second-order valence-corrected chi connectivity index (χ2v) is 5.12. The van der Waals surface area contributed by atoms with E-state index >= 15 is 0 Å². The Kier molecular flexibility index (Phi) is 4.58. The first kappa shape index (κ1) is 14.5. The highest BCUT2D eigenvalue weighted by molar-refractivity contribution is 6.53. The SMILES string of the molecule is Oc1c(Cl)c(Cl)c(Cl)c(Cl)c1C=Nc1ccccc1. The molecule has 0 saturated heterocycles. The molecule has 0 aliphatic carbocycles. The molecule has 0 unspecified atom stereocenters. The fraction of sp³-hybridized carbons (Fsp3) is 0. The van der Waals surface area contributed by atoms with Gasteiger partial charge in [-0.3, -0.25) is 4.99 Å². The van der Waals surface area contributed by atoms with Crippen LogP contribution in [0.3, 0.4) is 0 Å². The van der Waals surface area contributed by atoms with Gasteiger partial charge in [-0.25, -0.2) is 0 Å². The summed E-state index contributed by atoms with van der Waals surface area (Å²) in [5.74, 6) is -0.249. The Morgan fingerprint density at radius 3 is 2.05 bits per heavy atom. The van der Waals surface area contributed by atoms with E-state index in [4.69, 9.17) is 46.4 Å². The third kappa shape index (κ3) is 2.98. The molecule has 2 aromatic carbocycles. The van der Waals surface area contributed by atoms with E-state index in [2.05, 4.69) is 4.99 Å².